The van der Waals surface area contributed by atoms with Crippen molar-refractivity contribution in [2.24, 2.45) is 0 Å². The third-order valence-corrected chi connectivity index (χ3v) is 4.09. The van der Waals surface area contributed by atoms with Gasteiger partial charge in [-0.2, -0.15) is 13.2 Å². The van der Waals surface area contributed by atoms with E-state index in [9.17, 15) is 13.2 Å². The zero-order valence-electron chi connectivity index (χ0n) is 15.6. The zero-order chi connectivity index (χ0) is 21.1. The average Bonchev–Trinajstić information content (AvgIpc) is 3.16. The summed E-state index contributed by atoms with van der Waals surface area (Å²) in [6.45, 7) is 1.96. The Labute approximate surface area is 169 Å². The molecule has 9 heteroatoms. The standard InChI is InChI=1S/C21H15F3N4O2/c1-13-4-2-6-15(10-13)26-20-28-27-19(30-20)14-5-3-7-16(11-14)29-18-8-9-25-12-17(18)21(22,23)24/h2-12H,1H3,(H,26,28). The minimum absolute atomic E-state index is 0.190. The molecule has 0 amide bonds. The molecular weight excluding hydrogens is 397 g/mol. The molecule has 152 valence electrons. The number of benzene rings is 2. The summed E-state index contributed by atoms with van der Waals surface area (Å²) in [5, 5.41) is 10.9. The maximum absolute atomic E-state index is 13.1. The number of nitrogens with one attached hydrogen (secondary N) is 1. The molecule has 0 unspecified atom stereocenters. The Kier molecular flexibility index (Phi) is 5.09. The van der Waals surface area contributed by atoms with Gasteiger partial charge in [0, 0.05) is 23.6 Å². The van der Waals surface area contributed by atoms with Crippen LogP contribution in [0.1, 0.15) is 11.1 Å². The van der Waals surface area contributed by atoms with Gasteiger partial charge in [0.1, 0.15) is 17.1 Å². The van der Waals surface area contributed by atoms with Crippen molar-refractivity contribution in [1.29, 1.82) is 0 Å². The van der Waals surface area contributed by atoms with Crippen LogP contribution in [0.5, 0.6) is 11.5 Å². The second-order valence-electron chi connectivity index (χ2n) is 6.41. The summed E-state index contributed by atoms with van der Waals surface area (Å²) in [6.07, 6.45) is -2.62. The molecule has 0 saturated heterocycles. The van der Waals surface area contributed by atoms with E-state index in [4.69, 9.17) is 9.15 Å². The predicted molar refractivity (Wildman–Crippen MR) is 104 cm³/mol. The molecule has 0 saturated carbocycles. The summed E-state index contributed by atoms with van der Waals surface area (Å²) >= 11 is 0. The second kappa shape index (κ2) is 7.86. The van der Waals surface area contributed by atoms with Crippen LogP contribution in [0.3, 0.4) is 0 Å². The Hall–Kier alpha value is -3.88. The topological polar surface area (TPSA) is 73.1 Å². The highest BCUT2D eigenvalue weighted by Crippen LogP contribution is 2.38. The second-order valence-corrected chi connectivity index (χ2v) is 6.41. The number of anilines is 2. The van der Waals surface area contributed by atoms with Crippen LogP contribution in [0.15, 0.2) is 71.4 Å². The number of aryl methyl sites for hydroxylation is 1. The SMILES string of the molecule is Cc1cccc(Nc2nnc(-c3cccc(Oc4ccncc4C(F)(F)F)c3)o2)c1. The lowest BCUT2D eigenvalue weighted by molar-refractivity contribution is -0.138. The van der Waals surface area contributed by atoms with Crippen molar-refractivity contribution in [3.63, 3.8) is 0 Å². The van der Waals surface area contributed by atoms with E-state index in [1.807, 2.05) is 31.2 Å². The van der Waals surface area contributed by atoms with E-state index < -0.39 is 11.7 Å². The zero-order valence-corrected chi connectivity index (χ0v) is 15.6. The van der Waals surface area contributed by atoms with Gasteiger partial charge in [0.25, 0.3) is 0 Å². The van der Waals surface area contributed by atoms with Crippen LogP contribution in [0.4, 0.5) is 24.9 Å². The van der Waals surface area contributed by atoms with E-state index in [2.05, 4.69) is 20.5 Å². The molecular formula is C21H15F3N4O2. The Morgan fingerprint density at radius 2 is 1.83 bits per heavy atom. The lowest BCUT2D eigenvalue weighted by Crippen LogP contribution is -2.07. The van der Waals surface area contributed by atoms with Crippen LogP contribution in [-0.4, -0.2) is 15.2 Å². The third-order valence-electron chi connectivity index (χ3n) is 4.09. The molecule has 0 radical (unpaired) electrons. The van der Waals surface area contributed by atoms with Gasteiger partial charge in [-0.25, -0.2) is 0 Å². The molecule has 30 heavy (non-hydrogen) atoms. The first-order chi connectivity index (χ1) is 14.4. The Bertz CT molecular complexity index is 1170. The van der Waals surface area contributed by atoms with Crippen molar-refractivity contribution < 1.29 is 22.3 Å². The van der Waals surface area contributed by atoms with Crippen molar-refractivity contribution in [3.05, 3.63) is 78.1 Å². The fourth-order valence-electron chi connectivity index (χ4n) is 2.74. The van der Waals surface area contributed by atoms with E-state index >= 15 is 0 Å². The van der Waals surface area contributed by atoms with Crippen molar-refractivity contribution >= 4 is 11.7 Å². The summed E-state index contributed by atoms with van der Waals surface area (Å²) in [5.41, 5.74) is 1.40. The van der Waals surface area contributed by atoms with E-state index in [-0.39, 0.29) is 23.4 Å². The van der Waals surface area contributed by atoms with Crippen molar-refractivity contribution in [2.45, 2.75) is 13.1 Å². The molecule has 0 spiro atoms. The lowest BCUT2D eigenvalue weighted by Gasteiger charge is -2.13. The van der Waals surface area contributed by atoms with Crippen molar-refractivity contribution in [1.82, 2.24) is 15.2 Å². The van der Waals surface area contributed by atoms with Crippen LogP contribution in [-0.2, 0) is 6.18 Å². The van der Waals surface area contributed by atoms with Gasteiger partial charge in [0.15, 0.2) is 0 Å². The largest absolute Gasteiger partial charge is 0.457 e. The van der Waals surface area contributed by atoms with Gasteiger partial charge in [-0.3, -0.25) is 4.98 Å². The molecule has 2 aromatic carbocycles. The highest BCUT2D eigenvalue weighted by Gasteiger charge is 2.34. The summed E-state index contributed by atoms with van der Waals surface area (Å²) in [6, 6.07) is 15.3. The quantitative estimate of drug-likeness (QED) is 0.434. The summed E-state index contributed by atoms with van der Waals surface area (Å²) in [4.78, 5) is 3.52. The first-order valence-corrected chi connectivity index (χ1v) is 8.85. The normalized spacial score (nSPS) is 11.3. The van der Waals surface area contributed by atoms with Crippen LogP contribution in [0, 0.1) is 6.92 Å². The van der Waals surface area contributed by atoms with Crippen LogP contribution in [0.25, 0.3) is 11.5 Å². The number of rotatable bonds is 5. The molecule has 0 bridgehead atoms. The van der Waals surface area contributed by atoms with Gasteiger partial charge in [-0.1, -0.05) is 23.3 Å². The first-order valence-electron chi connectivity index (χ1n) is 8.85. The van der Waals surface area contributed by atoms with Gasteiger partial charge in [-0.15, -0.1) is 5.10 Å². The molecule has 6 nitrogen and oxygen atoms in total. The molecule has 4 rings (SSSR count). The molecule has 2 aromatic heterocycles. The van der Waals surface area contributed by atoms with Crippen LogP contribution < -0.4 is 10.1 Å². The maximum atomic E-state index is 13.1. The molecule has 2 heterocycles. The Morgan fingerprint density at radius 3 is 2.63 bits per heavy atom. The highest BCUT2D eigenvalue weighted by atomic mass is 19.4. The molecule has 0 atom stereocenters. The van der Waals surface area contributed by atoms with Gasteiger partial charge in [0.05, 0.1) is 0 Å². The van der Waals surface area contributed by atoms with Gasteiger partial charge >= 0.3 is 12.2 Å². The third kappa shape index (κ3) is 4.40. The number of aromatic nitrogens is 3. The molecule has 1 N–H and O–H groups in total. The Balaban J connectivity index is 1.56. The van der Waals surface area contributed by atoms with Crippen molar-refractivity contribution in [2.75, 3.05) is 5.32 Å². The molecule has 0 aliphatic carbocycles. The van der Waals surface area contributed by atoms with Gasteiger partial charge < -0.3 is 14.5 Å². The number of nitrogens with zero attached hydrogens (tertiary/aromatic N) is 3. The first kappa shape index (κ1) is 19.4. The van der Waals surface area contributed by atoms with Crippen LogP contribution in [0.2, 0.25) is 0 Å². The highest BCUT2D eigenvalue weighted by molar-refractivity contribution is 5.59. The fraction of sp³-hybridized carbons (Fsp3) is 0.0952. The van der Waals surface area contributed by atoms with Gasteiger partial charge in [0.2, 0.25) is 5.89 Å². The Morgan fingerprint density at radius 1 is 1.00 bits per heavy atom. The molecule has 0 aliphatic heterocycles. The van der Waals surface area contributed by atoms with Gasteiger partial charge in [-0.05, 0) is 48.9 Å². The summed E-state index contributed by atoms with van der Waals surface area (Å²) in [5.74, 6) is 0.0407. The number of pyridine rings is 1. The minimum atomic E-state index is -4.58. The van der Waals surface area contributed by atoms with E-state index in [0.717, 1.165) is 23.5 Å². The number of alkyl halides is 3. The maximum Gasteiger partial charge on any atom is 0.421 e. The summed E-state index contributed by atoms with van der Waals surface area (Å²) < 4.78 is 50.5. The predicted octanol–water partition coefficient (Wildman–Crippen LogP) is 5.99. The average molecular weight is 412 g/mol. The lowest BCUT2D eigenvalue weighted by atomic mass is 10.2. The number of ether oxygens (including phenoxy) is 1. The smallest absolute Gasteiger partial charge is 0.421 e. The number of hydrogen-bond acceptors (Lipinski definition) is 6. The minimum Gasteiger partial charge on any atom is -0.457 e. The van der Waals surface area contributed by atoms with Crippen LogP contribution >= 0.6 is 0 Å². The van der Waals surface area contributed by atoms with E-state index in [0.29, 0.717) is 5.56 Å². The molecule has 4 aromatic rings. The fourth-order valence-corrected chi connectivity index (χ4v) is 2.74. The number of hydrogen-bond donors (Lipinski definition) is 1. The molecule has 0 aliphatic rings. The van der Waals surface area contributed by atoms with E-state index in [1.165, 1.54) is 18.3 Å². The van der Waals surface area contributed by atoms with Crippen molar-refractivity contribution in [3.8, 4) is 23.0 Å². The number of halogens is 3. The monoisotopic (exact) mass is 412 g/mol. The van der Waals surface area contributed by atoms with E-state index in [1.54, 1.807) is 12.1 Å². The molecule has 0 fully saturated rings. The summed E-state index contributed by atoms with van der Waals surface area (Å²) in [7, 11) is 0.